The molecule has 0 atom stereocenters. The van der Waals surface area contributed by atoms with Crippen molar-refractivity contribution >= 4 is 5.91 Å². The summed E-state index contributed by atoms with van der Waals surface area (Å²) in [7, 11) is 1.89. The average molecular weight is 205 g/mol. The molecule has 0 spiro atoms. The number of rotatable bonds is 1. The molecule has 82 valence electrons. The molecule has 0 unspecified atom stereocenters. The van der Waals surface area contributed by atoms with Gasteiger partial charge < -0.3 is 4.90 Å². The first-order chi connectivity index (χ1) is 7.09. The van der Waals surface area contributed by atoms with E-state index in [1.807, 2.05) is 11.9 Å². The predicted octanol–water partition coefficient (Wildman–Crippen LogP) is 2.52. The van der Waals surface area contributed by atoms with Gasteiger partial charge in [0.1, 0.15) is 0 Å². The third-order valence-electron chi connectivity index (χ3n) is 3.49. The van der Waals surface area contributed by atoms with E-state index in [2.05, 4.69) is 19.9 Å². The van der Waals surface area contributed by atoms with Gasteiger partial charge in [-0.1, -0.05) is 31.1 Å². The number of carbonyl (C=O) groups is 1. The lowest BCUT2D eigenvalue weighted by Crippen LogP contribution is -2.34. The van der Waals surface area contributed by atoms with Crippen molar-refractivity contribution in [1.29, 1.82) is 0 Å². The number of nitrogens with zero attached hydrogens (tertiary/aromatic N) is 1. The molecule has 1 amide bonds. The minimum absolute atomic E-state index is 0.217. The zero-order valence-corrected chi connectivity index (χ0v) is 9.84. The van der Waals surface area contributed by atoms with Crippen LogP contribution < -0.4 is 0 Å². The summed E-state index contributed by atoms with van der Waals surface area (Å²) < 4.78 is 0. The molecule has 2 heteroatoms. The summed E-state index contributed by atoms with van der Waals surface area (Å²) in [4.78, 5) is 13.8. The third-order valence-corrected chi connectivity index (χ3v) is 3.49. The summed E-state index contributed by atoms with van der Waals surface area (Å²) in [6.07, 6.45) is 5.45. The first kappa shape index (κ1) is 10.5. The first-order valence-corrected chi connectivity index (χ1v) is 5.77. The maximum absolute atomic E-state index is 12.0. The van der Waals surface area contributed by atoms with Crippen molar-refractivity contribution in [3.63, 3.8) is 0 Å². The van der Waals surface area contributed by atoms with E-state index in [1.54, 1.807) is 0 Å². The summed E-state index contributed by atoms with van der Waals surface area (Å²) in [6, 6.07) is 0. The Morgan fingerprint density at radius 1 is 1.27 bits per heavy atom. The Labute approximate surface area is 91.6 Å². The molecule has 1 heterocycles. The van der Waals surface area contributed by atoms with Crippen molar-refractivity contribution < 1.29 is 4.79 Å². The Bertz CT molecular complexity index is 350. The van der Waals surface area contributed by atoms with Crippen LogP contribution in [0.1, 0.15) is 33.1 Å². The average Bonchev–Trinajstić information content (AvgIpc) is 2.23. The molecule has 1 aliphatic carbocycles. The molecular formula is C13H19NO. The lowest BCUT2D eigenvalue weighted by atomic mass is 9.84. The first-order valence-electron chi connectivity index (χ1n) is 5.77. The highest BCUT2D eigenvalue weighted by Gasteiger charge is 2.26. The Morgan fingerprint density at radius 3 is 2.67 bits per heavy atom. The molecule has 0 aromatic rings. The van der Waals surface area contributed by atoms with E-state index in [0.29, 0.717) is 5.92 Å². The maximum Gasteiger partial charge on any atom is 0.253 e. The smallest absolute Gasteiger partial charge is 0.253 e. The number of carbonyl (C=O) groups excluding carboxylic acids is 1. The summed E-state index contributed by atoms with van der Waals surface area (Å²) in [5.41, 5.74) is 3.79. The Morgan fingerprint density at radius 2 is 2.00 bits per heavy atom. The molecule has 2 nitrogen and oxygen atoms in total. The lowest BCUT2D eigenvalue weighted by molar-refractivity contribution is -0.126. The van der Waals surface area contributed by atoms with Crippen molar-refractivity contribution in [2.24, 2.45) is 5.92 Å². The number of hydrogen-bond donors (Lipinski definition) is 0. The van der Waals surface area contributed by atoms with Gasteiger partial charge in [-0.2, -0.15) is 0 Å². The highest BCUT2D eigenvalue weighted by atomic mass is 16.2. The van der Waals surface area contributed by atoms with Crippen LogP contribution in [-0.4, -0.2) is 24.4 Å². The maximum atomic E-state index is 12.0. The molecule has 15 heavy (non-hydrogen) atoms. The van der Waals surface area contributed by atoms with E-state index in [4.69, 9.17) is 0 Å². The molecule has 2 aliphatic rings. The zero-order valence-electron chi connectivity index (χ0n) is 9.84. The monoisotopic (exact) mass is 205 g/mol. The van der Waals surface area contributed by atoms with Crippen LogP contribution >= 0.6 is 0 Å². The van der Waals surface area contributed by atoms with E-state index in [9.17, 15) is 4.79 Å². The summed E-state index contributed by atoms with van der Waals surface area (Å²) in [5.74, 6) is 0.785. The number of allylic oxidation sites excluding steroid dienone is 1. The fraction of sp³-hybridized carbons (Fsp3) is 0.615. The van der Waals surface area contributed by atoms with Gasteiger partial charge in [0.05, 0.1) is 0 Å². The second-order valence-electron chi connectivity index (χ2n) is 4.87. The SMILES string of the molecule is CC(C)C1=CC2=C(CC1)CCN(C)C2=O. The van der Waals surface area contributed by atoms with Crippen LogP contribution in [0.4, 0.5) is 0 Å². The van der Waals surface area contributed by atoms with E-state index in [1.165, 1.54) is 11.1 Å². The van der Waals surface area contributed by atoms with Gasteiger partial charge in [-0.3, -0.25) is 4.79 Å². The van der Waals surface area contributed by atoms with Crippen LogP contribution in [0.25, 0.3) is 0 Å². The van der Waals surface area contributed by atoms with Crippen LogP contribution in [0, 0.1) is 5.92 Å². The third kappa shape index (κ3) is 1.85. The normalized spacial score (nSPS) is 22.0. The Hall–Kier alpha value is -1.05. The van der Waals surface area contributed by atoms with Crippen molar-refractivity contribution in [3.8, 4) is 0 Å². The summed E-state index contributed by atoms with van der Waals surface area (Å²) in [5, 5.41) is 0. The number of likely N-dealkylation sites (N-methyl/N-ethyl adjacent to an activating group) is 1. The van der Waals surface area contributed by atoms with E-state index in [0.717, 1.165) is 31.4 Å². The number of hydrogen-bond acceptors (Lipinski definition) is 1. The molecule has 0 fully saturated rings. The number of amides is 1. The molecule has 0 saturated carbocycles. The Balaban J connectivity index is 2.33. The van der Waals surface area contributed by atoms with Gasteiger partial charge >= 0.3 is 0 Å². The quantitative estimate of drug-likeness (QED) is 0.644. The van der Waals surface area contributed by atoms with E-state index >= 15 is 0 Å². The van der Waals surface area contributed by atoms with Crippen LogP contribution in [-0.2, 0) is 4.79 Å². The predicted molar refractivity (Wildman–Crippen MR) is 61.4 cm³/mol. The van der Waals surface area contributed by atoms with Gasteiger partial charge in [0.25, 0.3) is 5.91 Å². The molecular weight excluding hydrogens is 186 g/mol. The molecule has 0 saturated heterocycles. The van der Waals surface area contributed by atoms with Gasteiger partial charge in [0.15, 0.2) is 0 Å². The molecule has 0 N–H and O–H groups in total. The van der Waals surface area contributed by atoms with E-state index < -0.39 is 0 Å². The molecule has 2 rings (SSSR count). The standard InChI is InChI=1S/C13H19NO/c1-9(2)11-5-4-10-6-7-14(3)13(15)12(10)8-11/h8-9H,4-7H2,1-3H3. The molecule has 1 aliphatic heterocycles. The van der Waals surface area contributed by atoms with Crippen LogP contribution in [0.3, 0.4) is 0 Å². The summed E-state index contributed by atoms with van der Waals surface area (Å²) >= 11 is 0. The van der Waals surface area contributed by atoms with Crippen molar-refractivity contribution in [3.05, 3.63) is 22.8 Å². The molecule has 0 bridgehead atoms. The lowest BCUT2D eigenvalue weighted by Gasteiger charge is -2.30. The largest absolute Gasteiger partial charge is 0.341 e. The van der Waals surface area contributed by atoms with Crippen LogP contribution in [0.5, 0.6) is 0 Å². The van der Waals surface area contributed by atoms with Crippen molar-refractivity contribution in [2.45, 2.75) is 33.1 Å². The minimum Gasteiger partial charge on any atom is -0.341 e. The second kappa shape index (κ2) is 3.84. The summed E-state index contributed by atoms with van der Waals surface area (Å²) in [6.45, 7) is 5.30. The minimum atomic E-state index is 0.217. The highest BCUT2D eigenvalue weighted by Crippen LogP contribution is 2.33. The van der Waals surface area contributed by atoms with Crippen LogP contribution in [0.15, 0.2) is 22.8 Å². The van der Waals surface area contributed by atoms with Gasteiger partial charge in [0, 0.05) is 19.2 Å². The van der Waals surface area contributed by atoms with Crippen molar-refractivity contribution in [1.82, 2.24) is 4.90 Å². The molecule has 0 aromatic carbocycles. The molecule has 0 radical (unpaired) electrons. The van der Waals surface area contributed by atoms with Crippen molar-refractivity contribution in [2.75, 3.05) is 13.6 Å². The molecule has 0 aromatic heterocycles. The van der Waals surface area contributed by atoms with Gasteiger partial charge in [-0.15, -0.1) is 0 Å². The topological polar surface area (TPSA) is 20.3 Å². The zero-order chi connectivity index (χ0) is 11.0. The van der Waals surface area contributed by atoms with E-state index in [-0.39, 0.29) is 5.91 Å². The van der Waals surface area contributed by atoms with Gasteiger partial charge in [0.2, 0.25) is 0 Å². The fourth-order valence-electron chi connectivity index (χ4n) is 2.33. The highest BCUT2D eigenvalue weighted by molar-refractivity contribution is 5.98. The Kier molecular flexibility index (Phi) is 2.68. The second-order valence-corrected chi connectivity index (χ2v) is 4.87. The van der Waals surface area contributed by atoms with Crippen LogP contribution in [0.2, 0.25) is 0 Å². The fourth-order valence-corrected chi connectivity index (χ4v) is 2.33. The van der Waals surface area contributed by atoms with Gasteiger partial charge in [-0.25, -0.2) is 0 Å². The van der Waals surface area contributed by atoms with Gasteiger partial charge in [-0.05, 0) is 25.2 Å².